The van der Waals surface area contributed by atoms with E-state index in [0.717, 1.165) is 48.0 Å². The van der Waals surface area contributed by atoms with E-state index in [1.807, 2.05) is 35.7 Å². The summed E-state index contributed by atoms with van der Waals surface area (Å²) < 4.78 is 7.12. The predicted molar refractivity (Wildman–Crippen MR) is 83.8 cm³/mol. The van der Waals surface area contributed by atoms with Crippen LogP contribution in [0.3, 0.4) is 0 Å². The molecular formula is C15H17ClN4O. The molecule has 0 unspecified atom stereocenters. The molecule has 0 amide bonds. The maximum absolute atomic E-state index is 6.10. The van der Waals surface area contributed by atoms with Gasteiger partial charge in [0.15, 0.2) is 0 Å². The zero-order valence-corrected chi connectivity index (χ0v) is 12.8. The molecule has 3 aromatic rings. The third kappa shape index (κ3) is 2.74. The second-order valence-corrected chi connectivity index (χ2v) is 5.42. The lowest BCUT2D eigenvalue weighted by atomic mass is 10.3. The van der Waals surface area contributed by atoms with E-state index < -0.39 is 0 Å². The Labute approximate surface area is 127 Å². The number of fused-ring (bicyclic) bond motifs is 1. The van der Waals surface area contributed by atoms with Gasteiger partial charge in [0.1, 0.15) is 28.6 Å². The minimum absolute atomic E-state index is 0.668. The van der Waals surface area contributed by atoms with Crippen LogP contribution in [-0.4, -0.2) is 21.1 Å². The Morgan fingerprint density at radius 1 is 1.38 bits per heavy atom. The van der Waals surface area contributed by atoms with E-state index in [4.69, 9.17) is 16.1 Å². The fourth-order valence-corrected chi connectivity index (χ4v) is 2.39. The summed E-state index contributed by atoms with van der Waals surface area (Å²) in [4.78, 5) is 4.64. The van der Waals surface area contributed by atoms with Gasteiger partial charge < -0.3 is 9.84 Å². The molecule has 3 heterocycles. The molecular weight excluding hydrogens is 288 g/mol. The topological polar surface area (TPSA) is 55.4 Å². The molecule has 0 bridgehead atoms. The summed E-state index contributed by atoms with van der Waals surface area (Å²) in [5, 5.41) is 8.17. The molecule has 21 heavy (non-hydrogen) atoms. The Kier molecular flexibility index (Phi) is 3.84. The lowest BCUT2D eigenvalue weighted by molar-refractivity contribution is 0.399. The highest BCUT2D eigenvalue weighted by Gasteiger charge is 2.17. The average molecular weight is 305 g/mol. The molecule has 110 valence electrons. The first-order valence-electron chi connectivity index (χ1n) is 7.04. The van der Waals surface area contributed by atoms with Gasteiger partial charge in [0.2, 0.25) is 0 Å². The molecule has 0 atom stereocenters. The number of hydrogen-bond acceptors (Lipinski definition) is 4. The number of hydrogen-bond donors (Lipinski definition) is 1. The first-order chi connectivity index (χ1) is 10.2. The van der Waals surface area contributed by atoms with Gasteiger partial charge in [-0.1, -0.05) is 30.1 Å². The minimum Gasteiger partial charge on any atom is -0.369 e. The fourth-order valence-electron chi connectivity index (χ4n) is 2.23. The highest BCUT2D eigenvalue weighted by Crippen LogP contribution is 2.29. The maximum Gasteiger partial charge on any atom is 0.140 e. The number of halogens is 1. The van der Waals surface area contributed by atoms with Crippen LogP contribution in [0.2, 0.25) is 5.02 Å². The summed E-state index contributed by atoms with van der Waals surface area (Å²) in [5.41, 5.74) is 2.34. The van der Waals surface area contributed by atoms with Crippen LogP contribution >= 0.6 is 11.6 Å². The van der Waals surface area contributed by atoms with Crippen LogP contribution in [0.5, 0.6) is 0 Å². The van der Waals surface area contributed by atoms with Crippen LogP contribution in [0.15, 0.2) is 28.9 Å². The van der Waals surface area contributed by atoms with Crippen molar-refractivity contribution < 1.29 is 4.52 Å². The summed E-state index contributed by atoms with van der Waals surface area (Å²) in [7, 11) is 0. The molecule has 6 heteroatoms. The molecule has 0 saturated carbocycles. The first kappa shape index (κ1) is 13.9. The monoisotopic (exact) mass is 304 g/mol. The van der Waals surface area contributed by atoms with E-state index in [1.54, 1.807) is 0 Å². The van der Waals surface area contributed by atoms with Crippen molar-refractivity contribution in [3.63, 3.8) is 0 Å². The Bertz CT molecular complexity index is 762. The SMILES string of the molecule is CCCCNc1c(-c2cc(C)on2)nc2ccc(Cl)cn12. The van der Waals surface area contributed by atoms with E-state index in [1.165, 1.54) is 0 Å². The van der Waals surface area contributed by atoms with Crippen LogP contribution in [0, 0.1) is 6.92 Å². The quantitative estimate of drug-likeness (QED) is 0.719. The summed E-state index contributed by atoms with van der Waals surface area (Å²) in [6.45, 7) is 4.91. The number of unbranched alkanes of at least 4 members (excludes halogenated alkanes) is 1. The van der Waals surface area contributed by atoms with Gasteiger partial charge >= 0.3 is 0 Å². The molecule has 5 nitrogen and oxygen atoms in total. The number of aryl methyl sites for hydroxylation is 1. The summed E-state index contributed by atoms with van der Waals surface area (Å²) in [6, 6.07) is 5.61. The van der Waals surface area contributed by atoms with Gasteiger partial charge in [-0.15, -0.1) is 0 Å². The third-order valence-corrected chi connectivity index (χ3v) is 3.50. The predicted octanol–water partition coefficient (Wildman–Crippen LogP) is 4.16. The van der Waals surface area contributed by atoms with E-state index in [9.17, 15) is 0 Å². The highest BCUT2D eigenvalue weighted by atomic mass is 35.5. The second kappa shape index (κ2) is 5.77. The lowest BCUT2D eigenvalue weighted by Crippen LogP contribution is -2.04. The van der Waals surface area contributed by atoms with Crippen molar-refractivity contribution in [3.8, 4) is 11.4 Å². The van der Waals surface area contributed by atoms with Crippen LogP contribution < -0.4 is 5.32 Å². The van der Waals surface area contributed by atoms with Crippen LogP contribution in [-0.2, 0) is 0 Å². The van der Waals surface area contributed by atoms with E-state index in [2.05, 4.69) is 22.4 Å². The summed E-state index contributed by atoms with van der Waals surface area (Å²) >= 11 is 6.10. The van der Waals surface area contributed by atoms with Gasteiger partial charge in [0.25, 0.3) is 0 Å². The van der Waals surface area contributed by atoms with E-state index in [-0.39, 0.29) is 0 Å². The lowest BCUT2D eigenvalue weighted by Gasteiger charge is -2.07. The summed E-state index contributed by atoms with van der Waals surface area (Å²) in [6.07, 6.45) is 4.07. The zero-order valence-electron chi connectivity index (χ0n) is 12.1. The van der Waals surface area contributed by atoms with Gasteiger partial charge in [0.05, 0.1) is 5.02 Å². The van der Waals surface area contributed by atoms with Gasteiger partial charge in [0, 0.05) is 18.8 Å². The van der Waals surface area contributed by atoms with Crippen molar-refractivity contribution in [3.05, 3.63) is 35.2 Å². The number of anilines is 1. The molecule has 0 spiro atoms. The molecule has 0 aliphatic carbocycles. The van der Waals surface area contributed by atoms with Crippen molar-refractivity contribution in [2.24, 2.45) is 0 Å². The van der Waals surface area contributed by atoms with Gasteiger partial charge in [-0.25, -0.2) is 4.98 Å². The van der Waals surface area contributed by atoms with E-state index >= 15 is 0 Å². The standard InChI is InChI=1S/C15H17ClN4O/c1-3-4-7-17-15-14(12-8-10(2)21-19-12)18-13-6-5-11(16)9-20(13)15/h5-6,8-9,17H,3-4,7H2,1-2H3. The fraction of sp³-hybridized carbons (Fsp3) is 0.333. The maximum atomic E-state index is 6.10. The zero-order chi connectivity index (χ0) is 14.8. The number of rotatable bonds is 5. The normalized spacial score (nSPS) is 11.2. The molecule has 3 aromatic heterocycles. The Hall–Kier alpha value is -2.01. The van der Waals surface area contributed by atoms with Gasteiger partial charge in [-0.05, 0) is 25.5 Å². The molecule has 0 aliphatic heterocycles. The number of aromatic nitrogens is 3. The Morgan fingerprint density at radius 3 is 2.95 bits per heavy atom. The van der Waals surface area contributed by atoms with Crippen LogP contribution in [0.4, 0.5) is 5.82 Å². The number of pyridine rings is 1. The van der Waals surface area contributed by atoms with Gasteiger partial charge in [-0.2, -0.15) is 0 Å². The van der Waals surface area contributed by atoms with Gasteiger partial charge in [-0.3, -0.25) is 4.40 Å². The largest absolute Gasteiger partial charge is 0.369 e. The highest BCUT2D eigenvalue weighted by molar-refractivity contribution is 6.30. The number of imidazole rings is 1. The second-order valence-electron chi connectivity index (χ2n) is 4.99. The van der Waals surface area contributed by atoms with E-state index in [0.29, 0.717) is 5.02 Å². The molecule has 0 saturated heterocycles. The molecule has 0 aliphatic rings. The number of nitrogens with one attached hydrogen (secondary N) is 1. The van der Waals surface area contributed by atoms with Crippen molar-refractivity contribution >= 4 is 23.1 Å². The van der Waals surface area contributed by atoms with Crippen LogP contribution in [0.1, 0.15) is 25.5 Å². The number of nitrogens with zero attached hydrogens (tertiary/aromatic N) is 3. The van der Waals surface area contributed by atoms with Crippen molar-refractivity contribution in [2.75, 3.05) is 11.9 Å². The minimum atomic E-state index is 0.668. The Morgan fingerprint density at radius 2 is 2.24 bits per heavy atom. The van der Waals surface area contributed by atoms with Crippen molar-refractivity contribution in [1.82, 2.24) is 14.5 Å². The molecule has 1 N–H and O–H groups in total. The molecule has 0 fully saturated rings. The van der Waals surface area contributed by atoms with Crippen molar-refractivity contribution in [2.45, 2.75) is 26.7 Å². The average Bonchev–Trinajstić information content (AvgIpc) is 3.03. The Balaban J connectivity index is 2.10. The molecule has 0 radical (unpaired) electrons. The third-order valence-electron chi connectivity index (χ3n) is 3.28. The smallest absolute Gasteiger partial charge is 0.140 e. The molecule has 3 rings (SSSR count). The van der Waals surface area contributed by atoms with Crippen molar-refractivity contribution in [1.29, 1.82) is 0 Å². The summed E-state index contributed by atoms with van der Waals surface area (Å²) in [5.74, 6) is 1.66. The van der Waals surface area contributed by atoms with Crippen LogP contribution in [0.25, 0.3) is 17.0 Å². The molecule has 0 aromatic carbocycles. The first-order valence-corrected chi connectivity index (χ1v) is 7.42.